The molecule has 0 aromatic heterocycles. The summed E-state index contributed by atoms with van der Waals surface area (Å²) in [7, 11) is -0.696. The van der Waals surface area contributed by atoms with Crippen LogP contribution in [0, 0.1) is 0 Å². The Hall–Kier alpha value is -1.07. The molecule has 1 aromatic rings. The standard InChI is InChI=1S/C14H21NO3S/c1-2-19(16)9-6-15-11-12-4-5-13-14(10-12)18-8-3-7-17-13/h4-5,10,15H,2-3,6-9,11H2,1H3. The van der Waals surface area contributed by atoms with Gasteiger partial charge in [-0.15, -0.1) is 0 Å². The van der Waals surface area contributed by atoms with Gasteiger partial charge in [0.1, 0.15) is 0 Å². The normalized spacial score (nSPS) is 15.8. The lowest BCUT2D eigenvalue weighted by Gasteiger charge is -2.10. The molecule has 1 atom stereocenters. The molecule has 106 valence electrons. The van der Waals surface area contributed by atoms with E-state index in [9.17, 15) is 4.21 Å². The van der Waals surface area contributed by atoms with Gasteiger partial charge < -0.3 is 14.8 Å². The summed E-state index contributed by atoms with van der Waals surface area (Å²) < 4.78 is 22.5. The maximum Gasteiger partial charge on any atom is 0.161 e. The van der Waals surface area contributed by atoms with Crippen molar-refractivity contribution in [3.63, 3.8) is 0 Å². The Morgan fingerprint density at radius 3 is 2.84 bits per heavy atom. The molecule has 0 saturated carbocycles. The second kappa shape index (κ2) is 7.50. The lowest BCUT2D eigenvalue weighted by Crippen LogP contribution is -2.20. The maximum absolute atomic E-state index is 11.3. The van der Waals surface area contributed by atoms with Crippen molar-refractivity contribution < 1.29 is 13.7 Å². The molecular weight excluding hydrogens is 262 g/mol. The fourth-order valence-corrected chi connectivity index (χ4v) is 2.54. The minimum absolute atomic E-state index is 0.696. The van der Waals surface area contributed by atoms with Gasteiger partial charge in [-0.05, 0) is 17.7 Å². The van der Waals surface area contributed by atoms with Crippen molar-refractivity contribution >= 4 is 10.8 Å². The van der Waals surface area contributed by atoms with E-state index in [2.05, 4.69) is 5.32 Å². The summed E-state index contributed by atoms with van der Waals surface area (Å²) in [4.78, 5) is 0. The van der Waals surface area contributed by atoms with Crippen LogP contribution in [0.1, 0.15) is 18.9 Å². The molecule has 0 fully saturated rings. The predicted octanol–water partition coefficient (Wildman–Crippen LogP) is 1.71. The van der Waals surface area contributed by atoms with Crippen LogP contribution < -0.4 is 14.8 Å². The molecule has 0 aliphatic carbocycles. The van der Waals surface area contributed by atoms with Gasteiger partial charge in [0.2, 0.25) is 0 Å². The fourth-order valence-electron chi connectivity index (χ4n) is 1.88. The predicted molar refractivity (Wildman–Crippen MR) is 77.3 cm³/mol. The summed E-state index contributed by atoms with van der Waals surface area (Å²) in [6.07, 6.45) is 0.922. The van der Waals surface area contributed by atoms with Crippen molar-refractivity contribution in [2.75, 3.05) is 31.3 Å². The van der Waals surface area contributed by atoms with Gasteiger partial charge in [0, 0.05) is 41.8 Å². The first-order valence-electron chi connectivity index (χ1n) is 6.74. The van der Waals surface area contributed by atoms with Gasteiger partial charge in [-0.2, -0.15) is 0 Å². The van der Waals surface area contributed by atoms with E-state index in [1.807, 2.05) is 25.1 Å². The summed E-state index contributed by atoms with van der Waals surface area (Å²) in [6.45, 7) is 4.90. The van der Waals surface area contributed by atoms with Crippen molar-refractivity contribution in [2.45, 2.75) is 19.9 Å². The van der Waals surface area contributed by atoms with E-state index in [1.165, 1.54) is 0 Å². The molecule has 1 aromatic carbocycles. The molecule has 1 unspecified atom stereocenters. The van der Waals surface area contributed by atoms with Crippen molar-refractivity contribution in [2.24, 2.45) is 0 Å². The Labute approximate surface area is 116 Å². The summed E-state index contributed by atoms with van der Waals surface area (Å²) in [5.41, 5.74) is 1.16. The van der Waals surface area contributed by atoms with Gasteiger partial charge in [-0.3, -0.25) is 4.21 Å². The molecule has 2 rings (SSSR count). The van der Waals surface area contributed by atoms with Crippen molar-refractivity contribution in [3.8, 4) is 11.5 Å². The first-order chi connectivity index (χ1) is 9.29. The summed E-state index contributed by atoms with van der Waals surface area (Å²) in [5.74, 6) is 3.09. The summed E-state index contributed by atoms with van der Waals surface area (Å²) >= 11 is 0. The Balaban J connectivity index is 1.84. The number of benzene rings is 1. The van der Waals surface area contributed by atoms with Crippen LogP contribution in [0.5, 0.6) is 11.5 Å². The van der Waals surface area contributed by atoms with E-state index >= 15 is 0 Å². The molecule has 0 radical (unpaired) electrons. The second-order valence-corrected chi connectivity index (χ2v) is 6.31. The molecule has 1 heterocycles. The van der Waals surface area contributed by atoms with E-state index in [0.29, 0.717) is 19.0 Å². The van der Waals surface area contributed by atoms with Gasteiger partial charge in [0.25, 0.3) is 0 Å². The van der Waals surface area contributed by atoms with E-state index < -0.39 is 10.8 Å². The topological polar surface area (TPSA) is 47.6 Å². The van der Waals surface area contributed by atoms with Crippen LogP contribution in [0.4, 0.5) is 0 Å². The monoisotopic (exact) mass is 283 g/mol. The van der Waals surface area contributed by atoms with E-state index in [0.717, 1.165) is 42.3 Å². The highest BCUT2D eigenvalue weighted by Gasteiger charge is 2.10. The molecule has 19 heavy (non-hydrogen) atoms. The van der Waals surface area contributed by atoms with Crippen molar-refractivity contribution in [1.82, 2.24) is 5.32 Å². The molecular formula is C14H21NO3S. The molecule has 0 spiro atoms. The van der Waals surface area contributed by atoms with Crippen molar-refractivity contribution in [1.29, 1.82) is 0 Å². The second-order valence-electron chi connectivity index (χ2n) is 4.44. The molecule has 1 N–H and O–H groups in total. The third kappa shape index (κ3) is 4.51. The molecule has 1 aliphatic rings. The van der Waals surface area contributed by atoms with Gasteiger partial charge in [0.15, 0.2) is 11.5 Å². The Bertz CT molecular complexity index is 437. The summed E-state index contributed by atoms with van der Waals surface area (Å²) in [5, 5.41) is 3.30. The zero-order valence-corrected chi connectivity index (χ0v) is 12.1. The van der Waals surface area contributed by atoms with Crippen LogP contribution in [0.2, 0.25) is 0 Å². The molecule has 5 heteroatoms. The maximum atomic E-state index is 11.3. The van der Waals surface area contributed by atoms with Gasteiger partial charge in [-0.1, -0.05) is 13.0 Å². The number of nitrogens with one attached hydrogen (secondary N) is 1. The smallest absolute Gasteiger partial charge is 0.161 e. The Kier molecular flexibility index (Phi) is 5.66. The largest absolute Gasteiger partial charge is 0.490 e. The van der Waals surface area contributed by atoms with Crippen LogP contribution in [-0.2, 0) is 17.3 Å². The van der Waals surface area contributed by atoms with Crippen LogP contribution in [-0.4, -0.2) is 35.5 Å². The third-order valence-electron chi connectivity index (χ3n) is 2.97. The van der Waals surface area contributed by atoms with Crippen molar-refractivity contribution in [3.05, 3.63) is 23.8 Å². The van der Waals surface area contributed by atoms with Crippen LogP contribution in [0.25, 0.3) is 0 Å². The highest BCUT2D eigenvalue weighted by Crippen LogP contribution is 2.30. The number of hydrogen-bond donors (Lipinski definition) is 1. The molecule has 1 aliphatic heterocycles. The highest BCUT2D eigenvalue weighted by molar-refractivity contribution is 7.84. The van der Waals surface area contributed by atoms with Gasteiger partial charge in [0.05, 0.1) is 13.2 Å². The lowest BCUT2D eigenvalue weighted by atomic mass is 10.2. The molecule has 0 amide bonds. The van der Waals surface area contributed by atoms with Crippen LogP contribution in [0.15, 0.2) is 18.2 Å². The lowest BCUT2D eigenvalue weighted by molar-refractivity contribution is 0.297. The van der Waals surface area contributed by atoms with Crippen LogP contribution in [0.3, 0.4) is 0 Å². The third-order valence-corrected chi connectivity index (χ3v) is 4.27. The van der Waals surface area contributed by atoms with E-state index in [-0.39, 0.29) is 0 Å². The Morgan fingerprint density at radius 1 is 1.26 bits per heavy atom. The number of hydrogen-bond acceptors (Lipinski definition) is 4. The first kappa shape index (κ1) is 14.3. The number of ether oxygens (including phenoxy) is 2. The zero-order chi connectivity index (χ0) is 13.5. The Morgan fingerprint density at radius 2 is 2.05 bits per heavy atom. The first-order valence-corrected chi connectivity index (χ1v) is 8.22. The number of fused-ring (bicyclic) bond motifs is 1. The SMILES string of the molecule is CCS(=O)CCNCc1ccc2c(c1)OCCCO2. The minimum Gasteiger partial charge on any atom is -0.490 e. The highest BCUT2D eigenvalue weighted by atomic mass is 32.2. The average molecular weight is 283 g/mol. The molecule has 0 bridgehead atoms. The van der Waals surface area contributed by atoms with Crippen LogP contribution >= 0.6 is 0 Å². The fraction of sp³-hybridized carbons (Fsp3) is 0.571. The molecule has 4 nitrogen and oxygen atoms in total. The van der Waals surface area contributed by atoms with Gasteiger partial charge >= 0.3 is 0 Å². The summed E-state index contributed by atoms with van der Waals surface area (Å²) in [6, 6.07) is 6.02. The molecule has 0 saturated heterocycles. The average Bonchev–Trinajstić information content (AvgIpc) is 2.68. The van der Waals surface area contributed by atoms with E-state index in [4.69, 9.17) is 9.47 Å². The van der Waals surface area contributed by atoms with E-state index in [1.54, 1.807) is 0 Å². The zero-order valence-electron chi connectivity index (χ0n) is 11.3. The quantitative estimate of drug-likeness (QED) is 0.807. The minimum atomic E-state index is -0.696. The van der Waals surface area contributed by atoms with Gasteiger partial charge in [-0.25, -0.2) is 0 Å². The number of rotatable bonds is 6.